The summed E-state index contributed by atoms with van der Waals surface area (Å²) >= 11 is 0. The molecule has 0 spiro atoms. The van der Waals surface area contributed by atoms with Crippen LogP contribution in [0.1, 0.15) is 18.0 Å². The van der Waals surface area contributed by atoms with Crippen LogP contribution in [0.5, 0.6) is 0 Å². The highest BCUT2D eigenvalue weighted by Gasteiger charge is 2.24. The average Bonchev–Trinajstić information content (AvgIpc) is 3.13. The number of aromatic nitrogens is 5. The number of hydrogen-bond acceptors (Lipinski definition) is 4. The van der Waals surface area contributed by atoms with Gasteiger partial charge in [-0.05, 0) is 18.1 Å². The van der Waals surface area contributed by atoms with Gasteiger partial charge in [0, 0.05) is 44.4 Å². The molecular weight excluding hydrogens is 264 g/mol. The Morgan fingerprint density at radius 3 is 3.05 bits per heavy atom. The van der Waals surface area contributed by atoms with Crippen LogP contribution in [0.3, 0.4) is 0 Å². The summed E-state index contributed by atoms with van der Waals surface area (Å²) < 4.78 is 4.03. The largest absolute Gasteiger partial charge is 0.370 e. The number of imidazole rings is 1. The van der Waals surface area contributed by atoms with E-state index in [4.69, 9.17) is 5.10 Å². The lowest BCUT2D eigenvalue weighted by atomic mass is 10.0. The average molecular weight is 280 g/mol. The van der Waals surface area contributed by atoms with Crippen LogP contribution in [0, 0.1) is 0 Å². The first kappa shape index (κ1) is 12.1. The summed E-state index contributed by atoms with van der Waals surface area (Å²) in [6.45, 7) is 0.936. The van der Waals surface area contributed by atoms with E-state index in [9.17, 15) is 0 Å². The second-order valence-electron chi connectivity index (χ2n) is 5.24. The van der Waals surface area contributed by atoms with E-state index in [1.807, 2.05) is 34.8 Å². The predicted molar refractivity (Wildman–Crippen MR) is 79.9 cm³/mol. The number of nitrogens with zero attached hydrogens (tertiary/aromatic N) is 5. The highest BCUT2D eigenvalue weighted by Crippen LogP contribution is 2.31. The fraction of sp³-hybridized carbons (Fsp3) is 0.267. The molecule has 1 N–H and O–H groups in total. The lowest BCUT2D eigenvalue weighted by Crippen LogP contribution is -2.24. The minimum absolute atomic E-state index is 0.226. The van der Waals surface area contributed by atoms with E-state index in [2.05, 4.69) is 27.4 Å². The van der Waals surface area contributed by atoms with Gasteiger partial charge in [0.05, 0.1) is 6.04 Å². The molecule has 6 heteroatoms. The van der Waals surface area contributed by atoms with Crippen molar-refractivity contribution in [3.63, 3.8) is 0 Å². The van der Waals surface area contributed by atoms with E-state index in [-0.39, 0.29) is 6.04 Å². The maximum Gasteiger partial charge on any atom is 0.160 e. The van der Waals surface area contributed by atoms with E-state index in [1.165, 1.54) is 5.56 Å². The first-order valence-electron chi connectivity index (χ1n) is 7.04. The Morgan fingerprint density at radius 2 is 2.29 bits per heavy atom. The maximum atomic E-state index is 4.75. The van der Waals surface area contributed by atoms with Gasteiger partial charge in [0.25, 0.3) is 0 Å². The molecule has 0 amide bonds. The quantitative estimate of drug-likeness (QED) is 0.781. The Balaban J connectivity index is 1.79. The van der Waals surface area contributed by atoms with Gasteiger partial charge in [-0.25, -0.2) is 9.67 Å². The third-order valence-corrected chi connectivity index (χ3v) is 3.87. The Hall–Kier alpha value is -2.63. The second kappa shape index (κ2) is 4.73. The van der Waals surface area contributed by atoms with Crippen LogP contribution < -0.4 is 5.32 Å². The fourth-order valence-corrected chi connectivity index (χ4v) is 2.83. The summed E-state index contributed by atoms with van der Waals surface area (Å²) in [5.41, 5.74) is 2.08. The van der Waals surface area contributed by atoms with Gasteiger partial charge in [0.2, 0.25) is 0 Å². The number of pyridine rings is 1. The Morgan fingerprint density at radius 1 is 1.33 bits per heavy atom. The predicted octanol–water partition coefficient (Wildman–Crippen LogP) is 2.08. The summed E-state index contributed by atoms with van der Waals surface area (Å²) in [7, 11) is 1.98. The van der Waals surface area contributed by atoms with Crippen molar-refractivity contribution in [1.29, 1.82) is 0 Å². The monoisotopic (exact) mass is 280 g/mol. The van der Waals surface area contributed by atoms with E-state index >= 15 is 0 Å². The van der Waals surface area contributed by atoms with E-state index in [1.54, 1.807) is 12.4 Å². The first-order chi connectivity index (χ1) is 10.3. The SMILES string of the molecule is Cn1ccnc1-c1cc2n(n1)C(c1cccnc1)CCN2. The van der Waals surface area contributed by atoms with Crippen molar-refractivity contribution in [2.45, 2.75) is 12.5 Å². The lowest BCUT2D eigenvalue weighted by molar-refractivity contribution is 0.481. The standard InChI is InChI=1S/C15H16N6/c1-20-8-7-18-15(20)12-9-14-17-6-4-13(21(14)19-12)11-3-2-5-16-10-11/h2-3,5,7-10,13,17H,4,6H2,1H3. The van der Waals surface area contributed by atoms with Crippen LogP contribution in [0.2, 0.25) is 0 Å². The van der Waals surface area contributed by atoms with Gasteiger partial charge in [-0.15, -0.1) is 0 Å². The van der Waals surface area contributed by atoms with Gasteiger partial charge in [0.15, 0.2) is 5.82 Å². The zero-order valence-electron chi connectivity index (χ0n) is 11.8. The number of fused-ring (bicyclic) bond motifs is 1. The van der Waals surface area contributed by atoms with Gasteiger partial charge in [-0.3, -0.25) is 4.98 Å². The maximum absolute atomic E-state index is 4.75. The molecule has 0 aliphatic carbocycles. The molecule has 1 unspecified atom stereocenters. The van der Waals surface area contributed by atoms with Crippen LogP contribution in [-0.4, -0.2) is 30.9 Å². The molecular formula is C15H16N6. The molecule has 106 valence electrons. The van der Waals surface area contributed by atoms with Gasteiger partial charge < -0.3 is 9.88 Å². The lowest BCUT2D eigenvalue weighted by Gasteiger charge is -2.25. The van der Waals surface area contributed by atoms with Crippen molar-refractivity contribution in [2.24, 2.45) is 7.05 Å². The molecule has 0 aromatic carbocycles. The molecule has 0 fully saturated rings. The van der Waals surface area contributed by atoms with E-state index in [0.29, 0.717) is 0 Å². The van der Waals surface area contributed by atoms with Gasteiger partial charge in [-0.2, -0.15) is 5.10 Å². The number of rotatable bonds is 2. The molecule has 1 aliphatic rings. The minimum Gasteiger partial charge on any atom is -0.370 e. The molecule has 4 heterocycles. The fourth-order valence-electron chi connectivity index (χ4n) is 2.83. The molecule has 4 rings (SSSR count). The van der Waals surface area contributed by atoms with Crippen molar-refractivity contribution in [3.8, 4) is 11.5 Å². The van der Waals surface area contributed by atoms with Crippen LogP contribution >= 0.6 is 0 Å². The molecule has 3 aromatic rings. The first-order valence-corrected chi connectivity index (χ1v) is 7.04. The Labute approximate surface area is 122 Å². The topological polar surface area (TPSA) is 60.6 Å². The highest BCUT2D eigenvalue weighted by atomic mass is 15.4. The van der Waals surface area contributed by atoms with Crippen molar-refractivity contribution < 1.29 is 0 Å². The normalized spacial score (nSPS) is 17.3. The van der Waals surface area contributed by atoms with Crippen molar-refractivity contribution in [3.05, 3.63) is 48.5 Å². The number of nitrogens with one attached hydrogen (secondary N) is 1. The van der Waals surface area contributed by atoms with Crippen LogP contribution in [-0.2, 0) is 7.05 Å². The third-order valence-electron chi connectivity index (χ3n) is 3.87. The molecule has 1 aliphatic heterocycles. The Kier molecular flexibility index (Phi) is 2.73. The van der Waals surface area contributed by atoms with E-state index < -0.39 is 0 Å². The van der Waals surface area contributed by atoms with Gasteiger partial charge >= 0.3 is 0 Å². The molecule has 3 aromatic heterocycles. The molecule has 0 saturated carbocycles. The zero-order valence-corrected chi connectivity index (χ0v) is 11.8. The van der Waals surface area contributed by atoms with Crippen LogP contribution in [0.4, 0.5) is 5.82 Å². The summed E-state index contributed by atoms with van der Waals surface area (Å²) in [5, 5.41) is 8.16. The van der Waals surface area contributed by atoms with Crippen molar-refractivity contribution in [1.82, 2.24) is 24.3 Å². The summed E-state index contributed by atoms with van der Waals surface area (Å²) in [6, 6.07) is 6.36. The molecule has 0 radical (unpaired) electrons. The smallest absolute Gasteiger partial charge is 0.160 e. The summed E-state index contributed by atoms with van der Waals surface area (Å²) in [5.74, 6) is 1.91. The highest BCUT2D eigenvalue weighted by molar-refractivity contribution is 5.57. The van der Waals surface area contributed by atoms with Gasteiger partial charge in [0.1, 0.15) is 11.5 Å². The third kappa shape index (κ3) is 1.99. The number of aryl methyl sites for hydroxylation is 1. The van der Waals surface area contributed by atoms with Gasteiger partial charge in [-0.1, -0.05) is 6.07 Å². The summed E-state index contributed by atoms with van der Waals surface area (Å²) in [6.07, 6.45) is 8.44. The van der Waals surface area contributed by atoms with E-state index in [0.717, 1.165) is 30.3 Å². The molecule has 0 saturated heterocycles. The van der Waals surface area contributed by atoms with Crippen molar-refractivity contribution >= 4 is 5.82 Å². The van der Waals surface area contributed by atoms with Crippen molar-refractivity contribution in [2.75, 3.05) is 11.9 Å². The molecule has 0 bridgehead atoms. The molecule has 1 atom stereocenters. The number of anilines is 1. The molecule has 21 heavy (non-hydrogen) atoms. The Bertz CT molecular complexity index is 758. The summed E-state index contributed by atoms with van der Waals surface area (Å²) in [4.78, 5) is 8.60. The second-order valence-corrected chi connectivity index (χ2v) is 5.24. The zero-order chi connectivity index (χ0) is 14.2. The molecule has 6 nitrogen and oxygen atoms in total. The van der Waals surface area contributed by atoms with Crippen LogP contribution in [0.25, 0.3) is 11.5 Å². The number of hydrogen-bond donors (Lipinski definition) is 1. The minimum atomic E-state index is 0.226. The van der Waals surface area contributed by atoms with Crippen LogP contribution in [0.15, 0.2) is 43.0 Å².